The SMILES string of the molecule is C=Cc1ccc(COF)cc1. The van der Waals surface area contributed by atoms with Gasteiger partial charge in [-0.3, -0.25) is 0 Å². The van der Waals surface area contributed by atoms with Gasteiger partial charge in [0.25, 0.3) is 0 Å². The Kier molecular flexibility index (Phi) is 2.81. The quantitative estimate of drug-likeness (QED) is 0.647. The Bertz CT molecular complexity index is 228. The topological polar surface area (TPSA) is 9.23 Å². The van der Waals surface area contributed by atoms with Crippen LogP contribution < -0.4 is 0 Å². The lowest BCUT2D eigenvalue weighted by Crippen LogP contribution is -1.83. The normalized spacial score (nSPS) is 9.55. The highest BCUT2D eigenvalue weighted by molar-refractivity contribution is 5.46. The molecule has 11 heavy (non-hydrogen) atoms. The van der Waals surface area contributed by atoms with Crippen molar-refractivity contribution in [3.63, 3.8) is 0 Å². The molecule has 0 amide bonds. The zero-order valence-electron chi connectivity index (χ0n) is 6.09. The lowest BCUT2D eigenvalue weighted by molar-refractivity contribution is -0.144. The Morgan fingerprint density at radius 2 is 2.00 bits per heavy atom. The van der Waals surface area contributed by atoms with E-state index in [1.54, 1.807) is 18.2 Å². The summed E-state index contributed by atoms with van der Waals surface area (Å²) in [5.74, 6) is 0. The second-order valence-electron chi connectivity index (χ2n) is 2.20. The van der Waals surface area contributed by atoms with Crippen LogP contribution in [-0.4, -0.2) is 0 Å². The third-order valence-electron chi connectivity index (χ3n) is 1.44. The highest BCUT2D eigenvalue weighted by Gasteiger charge is 1.91. The van der Waals surface area contributed by atoms with E-state index in [1.807, 2.05) is 12.1 Å². The molecule has 0 aliphatic rings. The van der Waals surface area contributed by atoms with Crippen molar-refractivity contribution >= 4 is 6.08 Å². The summed E-state index contributed by atoms with van der Waals surface area (Å²) in [6, 6.07) is 7.33. The minimum absolute atomic E-state index is 0.0113. The van der Waals surface area contributed by atoms with Crippen molar-refractivity contribution in [2.45, 2.75) is 6.61 Å². The summed E-state index contributed by atoms with van der Waals surface area (Å²) in [4.78, 5) is 3.48. The summed E-state index contributed by atoms with van der Waals surface area (Å²) in [5, 5.41) is 0. The van der Waals surface area contributed by atoms with Crippen molar-refractivity contribution < 1.29 is 9.47 Å². The molecule has 0 radical (unpaired) electrons. The number of hydrogen-bond acceptors (Lipinski definition) is 1. The van der Waals surface area contributed by atoms with Crippen molar-refractivity contribution in [2.75, 3.05) is 0 Å². The van der Waals surface area contributed by atoms with Gasteiger partial charge in [0.1, 0.15) is 6.61 Å². The Hall–Kier alpha value is -1.15. The van der Waals surface area contributed by atoms with E-state index in [1.165, 1.54) is 0 Å². The number of benzene rings is 1. The van der Waals surface area contributed by atoms with Crippen LogP contribution in [0.25, 0.3) is 6.08 Å². The second kappa shape index (κ2) is 3.88. The molecule has 1 nitrogen and oxygen atoms in total. The minimum Gasteiger partial charge on any atom is -0.189 e. The van der Waals surface area contributed by atoms with E-state index >= 15 is 0 Å². The predicted molar refractivity (Wildman–Crippen MR) is 42.4 cm³/mol. The summed E-state index contributed by atoms with van der Waals surface area (Å²) in [7, 11) is 0. The first-order valence-electron chi connectivity index (χ1n) is 3.31. The van der Waals surface area contributed by atoms with Crippen LogP contribution in [0.4, 0.5) is 4.53 Å². The first-order valence-corrected chi connectivity index (χ1v) is 3.31. The van der Waals surface area contributed by atoms with Crippen LogP contribution in [0.1, 0.15) is 11.1 Å². The Morgan fingerprint density at radius 3 is 2.45 bits per heavy atom. The van der Waals surface area contributed by atoms with Gasteiger partial charge in [-0.05, 0) is 15.7 Å². The number of hydrogen-bond donors (Lipinski definition) is 0. The van der Waals surface area contributed by atoms with Gasteiger partial charge in [0.05, 0.1) is 0 Å². The van der Waals surface area contributed by atoms with Crippen LogP contribution in [-0.2, 0) is 11.5 Å². The summed E-state index contributed by atoms with van der Waals surface area (Å²) in [6.45, 7) is 3.61. The van der Waals surface area contributed by atoms with Crippen LogP contribution in [0.5, 0.6) is 0 Å². The van der Waals surface area contributed by atoms with Crippen molar-refractivity contribution in [2.24, 2.45) is 0 Å². The molecular weight excluding hydrogens is 143 g/mol. The Labute approximate surface area is 65.0 Å². The van der Waals surface area contributed by atoms with Gasteiger partial charge >= 0.3 is 0 Å². The van der Waals surface area contributed by atoms with Crippen molar-refractivity contribution in [1.29, 1.82) is 0 Å². The van der Waals surface area contributed by atoms with Crippen molar-refractivity contribution in [1.82, 2.24) is 0 Å². The molecule has 0 fully saturated rings. The molecule has 1 aromatic carbocycles. The lowest BCUT2D eigenvalue weighted by atomic mass is 10.1. The summed E-state index contributed by atoms with van der Waals surface area (Å²) >= 11 is 0. The first-order chi connectivity index (χ1) is 5.36. The Morgan fingerprint density at radius 1 is 1.36 bits per heavy atom. The smallest absolute Gasteiger partial charge is 0.113 e. The summed E-state index contributed by atoms with van der Waals surface area (Å²) in [6.07, 6.45) is 1.74. The van der Waals surface area contributed by atoms with Gasteiger partial charge in [0, 0.05) is 0 Å². The third-order valence-corrected chi connectivity index (χ3v) is 1.44. The largest absolute Gasteiger partial charge is 0.189 e. The summed E-state index contributed by atoms with van der Waals surface area (Å²) in [5.41, 5.74) is 1.84. The van der Waals surface area contributed by atoms with E-state index in [9.17, 15) is 4.53 Å². The molecule has 0 saturated carbocycles. The van der Waals surface area contributed by atoms with E-state index in [2.05, 4.69) is 11.5 Å². The van der Waals surface area contributed by atoms with E-state index in [0.717, 1.165) is 11.1 Å². The molecule has 0 unspecified atom stereocenters. The van der Waals surface area contributed by atoms with Gasteiger partial charge in [0.2, 0.25) is 0 Å². The molecule has 0 heterocycles. The van der Waals surface area contributed by atoms with E-state index < -0.39 is 0 Å². The van der Waals surface area contributed by atoms with Crippen LogP contribution in [0, 0.1) is 0 Å². The molecule has 0 bridgehead atoms. The molecule has 1 rings (SSSR count). The maximum absolute atomic E-state index is 11.3. The maximum atomic E-state index is 11.3. The summed E-state index contributed by atoms with van der Waals surface area (Å²) < 4.78 is 11.3. The third kappa shape index (κ3) is 2.16. The molecule has 1 aromatic rings. The molecule has 0 atom stereocenters. The number of rotatable bonds is 3. The average molecular weight is 152 g/mol. The fraction of sp³-hybridized carbons (Fsp3) is 0.111. The molecule has 0 aromatic heterocycles. The monoisotopic (exact) mass is 152 g/mol. The van der Waals surface area contributed by atoms with Gasteiger partial charge in [-0.2, -0.15) is 4.94 Å². The molecule has 58 valence electrons. The fourth-order valence-corrected chi connectivity index (χ4v) is 0.813. The van der Waals surface area contributed by atoms with Crippen molar-refractivity contribution in [3.8, 4) is 0 Å². The second-order valence-corrected chi connectivity index (χ2v) is 2.20. The van der Waals surface area contributed by atoms with Gasteiger partial charge < -0.3 is 0 Å². The Balaban J connectivity index is 2.74. The highest BCUT2D eigenvalue weighted by atomic mass is 19.3. The molecule has 0 saturated heterocycles. The maximum Gasteiger partial charge on any atom is 0.113 e. The molecule has 0 N–H and O–H groups in total. The van der Waals surface area contributed by atoms with Gasteiger partial charge in [-0.1, -0.05) is 36.9 Å². The lowest BCUT2D eigenvalue weighted by Gasteiger charge is -1.96. The van der Waals surface area contributed by atoms with Crippen LogP contribution >= 0.6 is 0 Å². The zero-order chi connectivity index (χ0) is 8.10. The van der Waals surface area contributed by atoms with Crippen LogP contribution in [0.2, 0.25) is 0 Å². The van der Waals surface area contributed by atoms with Crippen molar-refractivity contribution in [3.05, 3.63) is 42.0 Å². The average Bonchev–Trinajstić information content (AvgIpc) is 2.07. The number of halogens is 1. The van der Waals surface area contributed by atoms with E-state index in [-0.39, 0.29) is 6.61 Å². The van der Waals surface area contributed by atoms with Gasteiger partial charge in [-0.15, -0.1) is 0 Å². The van der Waals surface area contributed by atoms with E-state index in [0.29, 0.717) is 0 Å². The molecule has 0 spiro atoms. The van der Waals surface area contributed by atoms with Crippen LogP contribution in [0.3, 0.4) is 0 Å². The van der Waals surface area contributed by atoms with Gasteiger partial charge in [0.15, 0.2) is 0 Å². The molecule has 0 aliphatic heterocycles. The minimum atomic E-state index is 0.0113. The molecular formula is C9H9FO. The molecule has 2 heteroatoms. The fourth-order valence-electron chi connectivity index (χ4n) is 0.813. The van der Waals surface area contributed by atoms with Crippen LogP contribution in [0.15, 0.2) is 30.8 Å². The van der Waals surface area contributed by atoms with Gasteiger partial charge in [-0.25, -0.2) is 0 Å². The standard InChI is InChI=1S/C9H9FO/c1-2-8-3-5-9(6-4-8)7-11-10/h2-6H,1,7H2. The van der Waals surface area contributed by atoms with E-state index in [4.69, 9.17) is 0 Å². The zero-order valence-corrected chi connectivity index (χ0v) is 6.09. The first kappa shape index (κ1) is 7.95. The highest BCUT2D eigenvalue weighted by Crippen LogP contribution is 2.06. The molecule has 0 aliphatic carbocycles. The predicted octanol–water partition coefficient (Wildman–Crippen LogP) is 2.73.